The monoisotopic (exact) mass is 363 g/mol. The molecule has 1 aliphatic rings. The van der Waals surface area contributed by atoms with Gasteiger partial charge in [-0.05, 0) is 61.1 Å². The molecule has 130 valence electrons. The summed E-state index contributed by atoms with van der Waals surface area (Å²) in [5, 5.41) is 3.14. The summed E-state index contributed by atoms with van der Waals surface area (Å²) in [5.41, 5.74) is 6.38. The van der Waals surface area contributed by atoms with Crippen LogP contribution >= 0.6 is 11.6 Å². The van der Waals surface area contributed by atoms with Crippen LogP contribution in [0.3, 0.4) is 0 Å². The quantitative estimate of drug-likeness (QED) is 0.723. The second kappa shape index (κ2) is 6.89. The highest BCUT2D eigenvalue weighted by molar-refractivity contribution is 6.34. The maximum atomic E-state index is 12.3. The van der Waals surface area contributed by atoms with E-state index in [9.17, 15) is 4.79 Å². The van der Waals surface area contributed by atoms with E-state index >= 15 is 0 Å². The predicted molar refractivity (Wildman–Crippen MR) is 104 cm³/mol. The average Bonchev–Trinajstić information content (AvgIpc) is 3.09. The lowest BCUT2D eigenvalue weighted by molar-refractivity contribution is 0.102. The summed E-state index contributed by atoms with van der Waals surface area (Å²) in [4.78, 5) is 21.2. The lowest BCUT2D eigenvalue weighted by Gasteiger charge is -2.10. The first kappa shape index (κ1) is 16.7. The van der Waals surface area contributed by atoms with Crippen molar-refractivity contribution in [2.45, 2.75) is 26.2 Å². The molecule has 0 bridgehead atoms. The molecule has 1 heterocycles. The second-order valence-corrected chi connectivity index (χ2v) is 6.92. The number of carbonyl (C=O) groups is 1. The summed E-state index contributed by atoms with van der Waals surface area (Å²) in [5.74, 6) is 0.101. The van der Waals surface area contributed by atoms with Crippen LogP contribution < -0.4 is 5.32 Å². The van der Waals surface area contributed by atoms with Gasteiger partial charge in [-0.3, -0.25) is 9.78 Å². The molecule has 0 saturated carbocycles. The molecule has 0 fully saturated rings. The third-order valence-electron chi connectivity index (χ3n) is 4.73. The fourth-order valence-electron chi connectivity index (χ4n) is 3.38. The number of fused-ring (bicyclic) bond motifs is 1. The fraction of sp³-hybridized carbons (Fsp3) is 0.190. The smallest absolute Gasteiger partial charge is 0.258 e. The Bertz CT molecular complexity index is 983. The van der Waals surface area contributed by atoms with Gasteiger partial charge in [-0.1, -0.05) is 29.8 Å². The molecule has 1 aromatic heterocycles. The Balaban J connectivity index is 1.56. The second-order valence-electron chi connectivity index (χ2n) is 6.51. The van der Waals surface area contributed by atoms with Gasteiger partial charge in [0.15, 0.2) is 5.82 Å². The summed E-state index contributed by atoms with van der Waals surface area (Å²) >= 11 is 6.06. The van der Waals surface area contributed by atoms with Gasteiger partial charge in [-0.25, -0.2) is 4.98 Å². The molecule has 3 aromatic rings. The van der Waals surface area contributed by atoms with Gasteiger partial charge >= 0.3 is 0 Å². The number of aromatic nitrogens is 2. The number of rotatable bonds is 3. The maximum absolute atomic E-state index is 12.3. The Morgan fingerprint density at radius 3 is 2.58 bits per heavy atom. The summed E-state index contributed by atoms with van der Waals surface area (Å²) in [6.45, 7) is 2.10. The summed E-state index contributed by atoms with van der Waals surface area (Å²) in [7, 11) is 0. The topological polar surface area (TPSA) is 54.9 Å². The Labute approximate surface area is 157 Å². The van der Waals surface area contributed by atoms with E-state index in [1.807, 2.05) is 0 Å². The van der Waals surface area contributed by atoms with Crippen LogP contribution in [0.1, 0.15) is 33.5 Å². The molecule has 0 radical (unpaired) electrons. The highest BCUT2D eigenvalue weighted by Crippen LogP contribution is 2.30. The predicted octanol–water partition coefficient (Wildman–Crippen LogP) is 4.85. The van der Waals surface area contributed by atoms with Crippen molar-refractivity contribution in [3.05, 3.63) is 76.1 Å². The maximum Gasteiger partial charge on any atom is 0.258 e. The molecular weight excluding hydrogens is 346 g/mol. The Hall–Kier alpha value is -2.72. The van der Waals surface area contributed by atoms with Crippen molar-refractivity contribution in [1.82, 2.24) is 9.97 Å². The zero-order valence-electron chi connectivity index (χ0n) is 14.4. The zero-order valence-corrected chi connectivity index (χ0v) is 15.2. The summed E-state index contributed by atoms with van der Waals surface area (Å²) < 4.78 is 0. The van der Waals surface area contributed by atoms with Gasteiger partial charge in [-0.15, -0.1) is 0 Å². The van der Waals surface area contributed by atoms with E-state index in [4.69, 9.17) is 11.6 Å². The number of amides is 1. The first-order valence-corrected chi connectivity index (χ1v) is 9.00. The van der Waals surface area contributed by atoms with Gasteiger partial charge in [0, 0.05) is 5.56 Å². The van der Waals surface area contributed by atoms with Gasteiger partial charge in [-0.2, -0.15) is 0 Å². The van der Waals surface area contributed by atoms with Crippen molar-refractivity contribution < 1.29 is 4.79 Å². The van der Waals surface area contributed by atoms with Crippen LogP contribution in [-0.4, -0.2) is 15.9 Å². The number of aryl methyl sites for hydroxylation is 3. The first-order chi connectivity index (χ1) is 12.6. The van der Waals surface area contributed by atoms with E-state index in [1.165, 1.54) is 23.1 Å². The highest BCUT2D eigenvalue weighted by Gasteiger charge is 2.15. The van der Waals surface area contributed by atoms with Crippen LogP contribution in [0.25, 0.3) is 11.3 Å². The number of nitrogens with zero attached hydrogens (tertiary/aromatic N) is 2. The van der Waals surface area contributed by atoms with Crippen molar-refractivity contribution in [1.29, 1.82) is 0 Å². The van der Waals surface area contributed by atoms with Crippen molar-refractivity contribution in [3.63, 3.8) is 0 Å². The number of benzene rings is 2. The minimum Gasteiger partial charge on any atom is -0.305 e. The van der Waals surface area contributed by atoms with E-state index in [0.29, 0.717) is 16.4 Å². The van der Waals surface area contributed by atoms with Crippen LogP contribution in [0.15, 0.2) is 48.8 Å². The molecule has 0 atom stereocenters. The molecule has 5 heteroatoms. The van der Waals surface area contributed by atoms with Crippen LogP contribution in [0.2, 0.25) is 5.02 Å². The van der Waals surface area contributed by atoms with Crippen molar-refractivity contribution in [2.24, 2.45) is 0 Å². The van der Waals surface area contributed by atoms with Crippen molar-refractivity contribution in [3.8, 4) is 11.3 Å². The molecule has 0 aliphatic heterocycles. The molecular formula is C21H18ClN3O. The van der Waals surface area contributed by atoms with Gasteiger partial charge in [0.1, 0.15) is 0 Å². The minimum atomic E-state index is -0.300. The number of carbonyl (C=O) groups excluding carboxylic acids is 1. The Morgan fingerprint density at radius 1 is 1.08 bits per heavy atom. The third kappa shape index (κ3) is 3.20. The van der Waals surface area contributed by atoms with E-state index in [-0.39, 0.29) is 5.91 Å². The molecule has 0 spiro atoms. The molecule has 1 amide bonds. The highest BCUT2D eigenvalue weighted by atomic mass is 35.5. The van der Waals surface area contributed by atoms with Gasteiger partial charge in [0.05, 0.1) is 28.7 Å². The molecule has 4 rings (SSSR count). The molecule has 2 aromatic carbocycles. The fourth-order valence-corrected chi connectivity index (χ4v) is 3.61. The van der Waals surface area contributed by atoms with Crippen LogP contribution in [0.4, 0.5) is 5.82 Å². The molecule has 4 nitrogen and oxygen atoms in total. The van der Waals surface area contributed by atoms with Crippen LogP contribution in [0, 0.1) is 6.92 Å². The van der Waals surface area contributed by atoms with Gasteiger partial charge in [0.25, 0.3) is 5.91 Å². The van der Waals surface area contributed by atoms with E-state index in [0.717, 1.165) is 24.1 Å². The molecule has 0 saturated heterocycles. The minimum absolute atomic E-state index is 0.300. The van der Waals surface area contributed by atoms with E-state index < -0.39 is 0 Å². The molecule has 1 N–H and O–H groups in total. The SMILES string of the molecule is Cc1cc2c(cc1-c1cnc(NC(=O)c3ccccc3Cl)cn1)CCC2. The number of nitrogens with one attached hydrogen (secondary N) is 1. The summed E-state index contributed by atoms with van der Waals surface area (Å²) in [6, 6.07) is 11.4. The first-order valence-electron chi connectivity index (χ1n) is 8.62. The largest absolute Gasteiger partial charge is 0.305 e. The van der Waals surface area contributed by atoms with Crippen LogP contribution in [-0.2, 0) is 12.8 Å². The third-order valence-corrected chi connectivity index (χ3v) is 5.06. The number of anilines is 1. The summed E-state index contributed by atoms with van der Waals surface area (Å²) in [6.07, 6.45) is 6.79. The number of hydrogen-bond acceptors (Lipinski definition) is 3. The van der Waals surface area contributed by atoms with Gasteiger partial charge < -0.3 is 5.32 Å². The lowest BCUT2D eigenvalue weighted by atomic mass is 9.99. The molecule has 1 aliphatic carbocycles. The Kier molecular flexibility index (Phi) is 4.43. The Morgan fingerprint density at radius 2 is 1.85 bits per heavy atom. The van der Waals surface area contributed by atoms with Crippen LogP contribution in [0.5, 0.6) is 0 Å². The normalized spacial score (nSPS) is 12.7. The van der Waals surface area contributed by atoms with E-state index in [2.05, 4.69) is 34.3 Å². The van der Waals surface area contributed by atoms with Crippen molar-refractivity contribution in [2.75, 3.05) is 5.32 Å². The average molecular weight is 364 g/mol. The molecule has 0 unspecified atom stereocenters. The van der Waals surface area contributed by atoms with Gasteiger partial charge in [0.2, 0.25) is 0 Å². The van der Waals surface area contributed by atoms with E-state index in [1.54, 1.807) is 36.7 Å². The standard InChI is InChI=1S/C21H18ClN3O/c1-13-9-14-5-4-6-15(14)10-17(13)19-11-24-20(12-23-19)25-21(26)16-7-2-3-8-18(16)22/h2-3,7-12H,4-6H2,1H3,(H,24,25,26). The number of halogens is 1. The lowest BCUT2D eigenvalue weighted by Crippen LogP contribution is -2.13. The van der Waals surface area contributed by atoms with Crippen molar-refractivity contribution >= 4 is 23.3 Å². The molecule has 26 heavy (non-hydrogen) atoms. The zero-order chi connectivity index (χ0) is 18.1. The number of hydrogen-bond donors (Lipinski definition) is 1.